The lowest BCUT2D eigenvalue weighted by atomic mass is 10.00. The van der Waals surface area contributed by atoms with E-state index < -0.39 is 0 Å². The van der Waals surface area contributed by atoms with Crippen LogP contribution in [0, 0.1) is 5.92 Å². The second-order valence-electron chi connectivity index (χ2n) is 5.39. The number of hydrogen-bond donors (Lipinski definition) is 2. The van der Waals surface area contributed by atoms with Gasteiger partial charge in [0.15, 0.2) is 0 Å². The molecule has 0 bridgehead atoms. The summed E-state index contributed by atoms with van der Waals surface area (Å²) in [5.41, 5.74) is 0. The zero-order valence-corrected chi connectivity index (χ0v) is 11.8. The van der Waals surface area contributed by atoms with Gasteiger partial charge in [0.1, 0.15) is 0 Å². The second-order valence-corrected chi connectivity index (χ2v) is 5.39. The van der Waals surface area contributed by atoms with E-state index in [-0.39, 0.29) is 0 Å². The lowest BCUT2D eigenvalue weighted by molar-refractivity contribution is 0.0873. The molecular formula is C14H30N2O. The van der Waals surface area contributed by atoms with Gasteiger partial charge in [0.2, 0.25) is 0 Å². The molecule has 102 valence electrons. The van der Waals surface area contributed by atoms with Gasteiger partial charge in [0.25, 0.3) is 0 Å². The van der Waals surface area contributed by atoms with Crippen molar-refractivity contribution in [1.82, 2.24) is 10.6 Å². The highest BCUT2D eigenvalue weighted by molar-refractivity contribution is 4.76. The molecule has 3 heteroatoms. The fourth-order valence-corrected chi connectivity index (χ4v) is 2.43. The van der Waals surface area contributed by atoms with Crippen LogP contribution < -0.4 is 10.6 Å². The molecule has 1 heterocycles. The van der Waals surface area contributed by atoms with E-state index in [0.717, 1.165) is 38.6 Å². The van der Waals surface area contributed by atoms with Crippen molar-refractivity contribution in [3.8, 4) is 0 Å². The molecule has 0 aromatic carbocycles. The Morgan fingerprint density at radius 1 is 1.24 bits per heavy atom. The smallest absolute Gasteiger partial charge is 0.0613 e. The van der Waals surface area contributed by atoms with Crippen LogP contribution >= 0.6 is 0 Å². The summed E-state index contributed by atoms with van der Waals surface area (Å²) < 4.78 is 5.69. The molecule has 2 unspecified atom stereocenters. The number of nitrogens with one attached hydrogen (secondary N) is 2. The third-order valence-electron chi connectivity index (χ3n) is 3.49. The fourth-order valence-electron chi connectivity index (χ4n) is 2.43. The number of rotatable bonds is 9. The second kappa shape index (κ2) is 8.90. The molecule has 2 N–H and O–H groups in total. The van der Waals surface area contributed by atoms with Crippen LogP contribution in [-0.4, -0.2) is 38.4 Å². The zero-order valence-electron chi connectivity index (χ0n) is 11.8. The van der Waals surface area contributed by atoms with E-state index >= 15 is 0 Å². The minimum absolute atomic E-state index is 0.505. The van der Waals surface area contributed by atoms with Crippen LogP contribution in [0.3, 0.4) is 0 Å². The Hall–Kier alpha value is -0.120. The molecule has 0 aromatic rings. The highest BCUT2D eigenvalue weighted by atomic mass is 16.5. The Balaban J connectivity index is 1.90. The maximum absolute atomic E-state index is 5.69. The van der Waals surface area contributed by atoms with Crippen LogP contribution in [0.5, 0.6) is 0 Å². The third kappa shape index (κ3) is 6.39. The topological polar surface area (TPSA) is 33.3 Å². The average Bonchev–Trinajstić information content (AvgIpc) is 2.74. The van der Waals surface area contributed by atoms with E-state index in [0.29, 0.717) is 12.1 Å². The lowest BCUT2D eigenvalue weighted by Gasteiger charge is -2.17. The van der Waals surface area contributed by atoms with Gasteiger partial charge in [-0.1, -0.05) is 20.8 Å². The molecule has 0 amide bonds. The summed E-state index contributed by atoms with van der Waals surface area (Å²) in [6.45, 7) is 11.0. The van der Waals surface area contributed by atoms with E-state index in [1.165, 1.54) is 19.3 Å². The fraction of sp³-hybridized carbons (Fsp3) is 1.00. The molecular weight excluding hydrogens is 212 g/mol. The van der Waals surface area contributed by atoms with Gasteiger partial charge in [-0.3, -0.25) is 0 Å². The molecule has 1 saturated heterocycles. The summed E-state index contributed by atoms with van der Waals surface area (Å²) in [4.78, 5) is 0. The first-order valence-electron chi connectivity index (χ1n) is 7.29. The molecule has 0 saturated carbocycles. The van der Waals surface area contributed by atoms with E-state index in [1.807, 2.05) is 0 Å². The first kappa shape index (κ1) is 14.9. The first-order valence-corrected chi connectivity index (χ1v) is 7.29. The molecule has 0 spiro atoms. The maximum Gasteiger partial charge on any atom is 0.0613 e. The van der Waals surface area contributed by atoms with Gasteiger partial charge in [-0.05, 0) is 44.7 Å². The maximum atomic E-state index is 5.69. The summed E-state index contributed by atoms with van der Waals surface area (Å²) in [6.07, 6.45) is 5.43. The highest BCUT2D eigenvalue weighted by Gasteiger charge is 2.25. The van der Waals surface area contributed by atoms with Gasteiger partial charge in [0, 0.05) is 19.2 Å². The minimum atomic E-state index is 0.505. The minimum Gasteiger partial charge on any atom is -0.378 e. The van der Waals surface area contributed by atoms with Crippen LogP contribution in [0.1, 0.15) is 46.5 Å². The van der Waals surface area contributed by atoms with Crippen molar-refractivity contribution >= 4 is 0 Å². The van der Waals surface area contributed by atoms with Crippen LogP contribution in [-0.2, 0) is 4.74 Å². The largest absolute Gasteiger partial charge is 0.378 e. The molecule has 0 radical (unpaired) electrons. The van der Waals surface area contributed by atoms with E-state index in [2.05, 4.69) is 31.4 Å². The monoisotopic (exact) mass is 242 g/mol. The number of hydrogen-bond acceptors (Lipinski definition) is 3. The van der Waals surface area contributed by atoms with Crippen molar-refractivity contribution in [3.05, 3.63) is 0 Å². The molecule has 1 rings (SSSR count). The van der Waals surface area contributed by atoms with Gasteiger partial charge < -0.3 is 15.4 Å². The van der Waals surface area contributed by atoms with Crippen LogP contribution in [0.2, 0.25) is 0 Å². The predicted molar refractivity (Wildman–Crippen MR) is 73.4 cm³/mol. The molecule has 1 aliphatic heterocycles. The van der Waals surface area contributed by atoms with Crippen molar-refractivity contribution in [1.29, 1.82) is 0 Å². The summed E-state index contributed by atoms with van der Waals surface area (Å²) in [5, 5.41) is 7.02. The molecule has 0 aromatic heterocycles. The zero-order chi connectivity index (χ0) is 12.5. The Labute approximate surface area is 107 Å². The molecule has 2 atom stereocenters. The third-order valence-corrected chi connectivity index (χ3v) is 3.49. The van der Waals surface area contributed by atoms with Crippen molar-refractivity contribution in [2.75, 3.05) is 26.2 Å². The molecule has 17 heavy (non-hydrogen) atoms. The normalized spacial score (nSPS) is 24.7. The Morgan fingerprint density at radius 2 is 2.00 bits per heavy atom. The van der Waals surface area contributed by atoms with Crippen molar-refractivity contribution in [2.24, 2.45) is 5.92 Å². The summed E-state index contributed by atoms with van der Waals surface area (Å²) in [7, 11) is 0. The Bertz CT molecular complexity index is 185. The quantitative estimate of drug-likeness (QED) is 0.608. The number of ether oxygens (including phenoxy) is 1. The van der Waals surface area contributed by atoms with Crippen LogP contribution in [0.25, 0.3) is 0 Å². The molecule has 0 aliphatic carbocycles. The Kier molecular flexibility index (Phi) is 7.82. The predicted octanol–water partition coefficient (Wildman–Crippen LogP) is 2.17. The van der Waals surface area contributed by atoms with Gasteiger partial charge in [-0.25, -0.2) is 0 Å². The van der Waals surface area contributed by atoms with E-state index in [9.17, 15) is 0 Å². The molecule has 3 nitrogen and oxygen atoms in total. The van der Waals surface area contributed by atoms with Crippen LogP contribution in [0.4, 0.5) is 0 Å². The lowest BCUT2D eigenvalue weighted by Crippen LogP contribution is -2.29. The summed E-state index contributed by atoms with van der Waals surface area (Å²) in [5.74, 6) is 0.744. The van der Waals surface area contributed by atoms with E-state index in [4.69, 9.17) is 4.74 Å². The SMILES string of the molecule is CCC1OCCC1CNCCCCNC(C)C. The molecule has 1 aliphatic rings. The standard InChI is InChI=1S/C14H30N2O/c1-4-14-13(7-10-17-14)11-15-8-5-6-9-16-12(2)3/h12-16H,4-11H2,1-3H3. The number of unbranched alkanes of at least 4 members (excludes halogenated alkanes) is 1. The van der Waals surface area contributed by atoms with Crippen LogP contribution in [0.15, 0.2) is 0 Å². The van der Waals surface area contributed by atoms with Gasteiger partial charge in [-0.2, -0.15) is 0 Å². The van der Waals surface area contributed by atoms with Crippen molar-refractivity contribution in [2.45, 2.75) is 58.6 Å². The summed E-state index contributed by atoms with van der Waals surface area (Å²) in [6, 6.07) is 0.615. The Morgan fingerprint density at radius 3 is 2.71 bits per heavy atom. The van der Waals surface area contributed by atoms with E-state index in [1.54, 1.807) is 0 Å². The van der Waals surface area contributed by atoms with Crippen molar-refractivity contribution in [3.63, 3.8) is 0 Å². The van der Waals surface area contributed by atoms with Gasteiger partial charge >= 0.3 is 0 Å². The molecule has 1 fully saturated rings. The van der Waals surface area contributed by atoms with Gasteiger partial charge in [0.05, 0.1) is 6.10 Å². The summed E-state index contributed by atoms with van der Waals surface area (Å²) >= 11 is 0. The highest BCUT2D eigenvalue weighted by Crippen LogP contribution is 2.22. The first-order chi connectivity index (χ1) is 8.24. The van der Waals surface area contributed by atoms with Crippen molar-refractivity contribution < 1.29 is 4.74 Å². The average molecular weight is 242 g/mol. The van der Waals surface area contributed by atoms with Gasteiger partial charge in [-0.15, -0.1) is 0 Å².